The number of likely N-dealkylation sites (tertiary alicyclic amines) is 1. The van der Waals surface area contributed by atoms with E-state index < -0.39 is 5.60 Å². The summed E-state index contributed by atoms with van der Waals surface area (Å²) >= 11 is 9.49. The molecule has 236 valence electrons. The van der Waals surface area contributed by atoms with Crippen molar-refractivity contribution in [3.8, 4) is 11.1 Å². The number of carbonyl (C=O) groups excluding carboxylic acids is 1. The molecule has 1 atom stereocenters. The van der Waals surface area contributed by atoms with Crippen LogP contribution in [-0.2, 0) is 4.74 Å². The number of piperazine rings is 1. The van der Waals surface area contributed by atoms with E-state index in [1.165, 1.54) is 6.21 Å². The molecule has 0 bridgehead atoms. The van der Waals surface area contributed by atoms with E-state index in [1.807, 2.05) is 38.7 Å². The van der Waals surface area contributed by atoms with Crippen molar-refractivity contribution in [3.63, 3.8) is 0 Å². The molecule has 1 aromatic heterocycles. The van der Waals surface area contributed by atoms with Gasteiger partial charge in [-0.2, -0.15) is 5.10 Å². The molecule has 1 saturated carbocycles. The van der Waals surface area contributed by atoms with Crippen molar-refractivity contribution in [2.45, 2.75) is 91.3 Å². The number of rotatable bonds is 8. The Balaban J connectivity index is 1.56. The molecule has 1 aliphatic carbocycles. The summed E-state index contributed by atoms with van der Waals surface area (Å²) in [5.74, 6) is 0.964. The van der Waals surface area contributed by atoms with Gasteiger partial charge in [-0.05, 0) is 94.0 Å². The summed E-state index contributed by atoms with van der Waals surface area (Å²) in [7, 11) is 0. The molecule has 5 rings (SSSR count). The summed E-state index contributed by atoms with van der Waals surface area (Å²) in [6, 6.07) is 2.29. The van der Waals surface area contributed by atoms with Crippen molar-refractivity contribution in [2.75, 3.05) is 42.7 Å². The summed E-state index contributed by atoms with van der Waals surface area (Å²) < 4.78 is 7.83. The molecule has 3 aliphatic rings. The molecule has 1 unspecified atom stereocenters. The molecular weight excluding hydrogens is 696 g/mol. The Kier molecular flexibility index (Phi) is 9.36. The molecule has 3 fully saturated rings. The predicted octanol–water partition coefficient (Wildman–Crippen LogP) is 7.71. The van der Waals surface area contributed by atoms with E-state index in [4.69, 9.17) is 26.8 Å². The first-order valence-electron chi connectivity index (χ1n) is 15.3. The Morgan fingerprint density at radius 2 is 1.95 bits per heavy atom. The standard InChI is InChI=1S/C31H46ClIN7O2P/c1-8-31(9-2)16-35-10-11-39(31)27-24(25-22(15-34)23(37-43-33)12-19(3)26(25)32)20(4)40(36-27)21-13-30(14-21)17-38(18-30)28(41)42-29(5,6)7/h12,15,21,34-35,37,43H,8-11,13-14,16-18H2,1-7H3. The van der Waals surface area contributed by atoms with Crippen LogP contribution in [0.2, 0.25) is 5.02 Å². The number of hydrogen-bond acceptors (Lipinski definition) is 7. The van der Waals surface area contributed by atoms with Gasteiger partial charge in [-0.15, -0.1) is 0 Å². The van der Waals surface area contributed by atoms with E-state index in [2.05, 4.69) is 62.8 Å². The number of halogens is 2. The quantitative estimate of drug-likeness (QED) is 0.146. The van der Waals surface area contributed by atoms with Crippen LogP contribution in [0.5, 0.6) is 0 Å². The summed E-state index contributed by atoms with van der Waals surface area (Å²) in [6.07, 6.45) is 5.63. The molecule has 12 heteroatoms. The molecule has 3 N–H and O–H groups in total. The van der Waals surface area contributed by atoms with Crippen molar-refractivity contribution in [1.82, 2.24) is 20.0 Å². The zero-order valence-electron chi connectivity index (χ0n) is 26.5. The van der Waals surface area contributed by atoms with E-state index in [-0.39, 0.29) is 23.1 Å². The summed E-state index contributed by atoms with van der Waals surface area (Å²) in [4.78, 5) is 17.0. The van der Waals surface area contributed by atoms with Crippen LogP contribution in [0.3, 0.4) is 0 Å². The van der Waals surface area contributed by atoms with E-state index in [1.54, 1.807) is 0 Å². The first-order valence-corrected chi connectivity index (χ1v) is 19.8. The second-order valence-electron chi connectivity index (χ2n) is 13.6. The van der Waals surface area contributed by atoms with Gasteiger partial charge in [-0.1, -0.05) is 25.4 Å². The number of nitrogens with zero attached hydrogens (tertiary/aromatic N) is 4. The van der Waals surface area contributed by atoms with E-state index in [0.717, 1.165) is 97.9 Å². The predicted molar refractivity (Wildman–Crippen MR) is 188 cm³/mol. The van der Waals surface area contributed by atoms with E-state index >= 15 is 0 Å². The van der Waals surface area contributed by atoms with E-state index in [9.17, 15) is 4.79 Å². The van der Waals surface area contributed by atoms with Gasteiger partial charge in [0, 0.05) is 78.8 Å². The highest BCUT2D eigenvalue weighted by Gasteiger charge is 2.56. The third-order valence-corrected chi connectivity index (χ3v) is 11.4. The van der Waals surface area contributed by atoms with Crippen LogP contribution in [0.25, 0.3) is 11.1 Å². The Morgan fingerprint density at radius 3 is 2.53 bits per heavy atom. The van der Waals surface area contributed by atoms with Crippen LogP contribution in [-0.4, -0.2) is 70.9 Å². The highest BCUT2D eigenvalue weighted by Crippen LogP contribution is 2.56. The van der Waals surface area contributed by atoms with Gasteiger partial charge in [0.25, 0.3) is 0 Å². The number of nitrogens with one attached hydrogen (secondary N) is 3. The van der Waals surface area contributed by atoms with Crippen molar-refractivity contribution < 1.29 is 9.53 Å². The Labute approximate surface area is 276 Å². The fraction of sp³-hybridized carbons (Fsp3) is 0.645. The van der Waals surface area contributed by atoms with Crippen molar-refractivity contribution in [3.05, 3.63) is 27.9 Å². The second kappa shape index (κ2) is 12.3. The molecule has 43 heavy (non-hydrogen) atoms. The second-order valence-corrected chi connectivity index (χ2v) is 16.0. The van der Waals surface area contributed by atoms with Gasteiger partial charge in [0.15, 0.2) is 5.82 Å². The monoisotopic (exact) mass is 741 g/mol. The van der Waals surface area contributed by atoms with Gasteiger partial charge in [0.2, 0.25) is 0 Å². The third kappa shape index (κ3) is 5.90. The number of ether oxygens (including phenoxy) is 1. The van der Waals surface area contributed by atoms with Gasteiger partial charge in [-0.25, -0.2) is 4.79 Å². The molecule has 1 aromatic carbocycles. The smallest absolute Gasteiger partial charge is 0.410 e. The van der Waals surface area contributed by atoms with Crippen molar-refractivity contribution >= 4 is 63.8 Å². The van der Waals surface area contributed by atoms with Crippen LogP contribution in [0.4, 0.5) is 16.3 Å². The summed E-state index contributed by atoms with van der Waals surface area (Å²) in [5, 5.41) is 21.7. The minimum absolute atomic E-state index is 0.0623. The Morgan fingerprint density at radius 1 is 1.28 bits per heavy atom. The molecule has 0 radical (unpaired) electrons. The third-order valence-electron chi connectivity index (χ3n) is 9.69. The minimum atomic E-state index is -0.490. The molecule has 2 saturated heterocycles. The first kappa shape index (κ1) is 32.8. The average molecular weight is 742 g/mol. The number of benzene rings is 1. The molecular formula is C31H46ClIN7O2P. The zero-order chi connectivity index (χ0) is 31.3. The molecule has 3 heterocycles. The normalized spacial score (nSPS) is 19.9. The lowest BCUT2D eigenvalue weighted by atomic mass is 9.61. The molecule has 1 spiro atoms. The van der Waals surface area contributed by atoms with Gasteiger partial charge in [0.1, 0.15) is 5.60 Å². The molecule has 2 aromatic rings. The van der Waals surface area contributed by atoms with Gasteiger partial charge >= 0.3 is 6.09 Å². The topological polar surface area (TPSA) is 98.5 Å². The fourth-order valence-electron chi connectivity index (χ4n) is 7.34. The minimum Gasteiger partial charge on any atom is -0.444 e. The highest BCUT2D eigenvalue weighted by molar-refractivity contribution is 14.2. The van der Waals surface area contributed by atoms with Crippen molar-refractivity contribution in [1.29, 1.82) is 5.41 Å². The maximum absolute atomic E-state index is 12.6. The number of anilines is 2. The highest BCUT2D eigenvalue weighted by atomic mass is 127. The van der Waals surface area contributed by atoms with Gasteiger partial charge in [0.05, 0.1) is 16.6 Å². The lowest BCUT2D eigenvalue weighted by molar-refractivity contribution is -0.0930. The Hall–Kier alpha value is -1.62. The molecule has 9 nitrogen and oxygen atoms in total. The number of carbonyl (C=O) groups is 1. The summed E-state index contributed by atoms with van der Waals surface area (Å²) in [5.41, 5.74) is 5.29. The SMILES string of the molecule is CCC1(CC)CNCCN1c1nn(C2CC3(C2)CN(C(=O)OC(C)(C)C)C3)c(C)c1-c1c(Cl)c(C)cc(NPI)c1C=N. The molecule has 1 amide bonds. The fourth-order valence-corrected chi connectivity index (χ4v) is 8.77. The number of hydrogen-bond donors (Lipinski definition) is 3. The number of aryl methyl sites for hydroxylation is 1. The summed E-state index contributed by atoms with van der Waals surface area (Å²) in [6.45, 7) is 18.6. The van der Waals surface area contributed by atoms with Crippen LogP contribution >= 0.6 is 40.0 Å². The van der Waals surface area contributed by atoms with Crippen molar-refractivity contribution in [2.24, 2.45) is 5.41 Å². The van der Waals surface area contributed by atoms with Gasteiger partial charge < -0.3 is 30.4 Å². The first-order chi connectivity index (χ1) is 20.3. The van der Waals surface area contributed by atoms with E-state index in [0.29, 0.717) is 11.4 Å². The van der Waals surface area contributed by atoms with Crippen LogP contribution < -0.4 is 15.3 Å². The maximum Gasteiger partial charge on any atom is 0.410 e. The lowest BCUT2D eigenvalue weighted by Gasteiger charge is -2.58. The number of amides is 1. The Bertz CT molecular complexity index is 1390. The zero-order valence-corrected chi connectivity index (χ0v) is 30.4. The molecule has 2 aliphatic heterocycles. The number of aromatic nitrogens is 2. The van der Waals surface area contributed by atoms with Crippen LogP contribution in [0.1, 0.15) is 83.2 Å². The van der Waals surface area contributed by atoms with Crippen LogP contribution in [0, 0.1) is 24.7 Å². The van der Waals surface area contributed by atoms with Crippen LogP contribution in [0.15, 0.2) is 6.07 Å². The van der Waals surface area contributed by atoms with Gasteiger partial charge in [-0.3, -0.25) is 4.68 Å². The largest absolute Gasteiger partial charge is 0.444 e. The lowest BCUT2D eigenvalue weighted by Crippen LogP contribution is -2.64. The average Bonchev–Trinajstić information content (AvgIpc) is 3.23. The maximum atomic E-state index is 12.6.